The van der Waals surface area contributed by atoms with Crippen LogP contribution in [0.5, 0.6) is 0 Å². The van der Waals surface area contributed by atoms with Gasteiger partial charge in [0.2, 0.25) is 5.91 Å². The zero-order chi connectivity index (χ0) is 20.1. The Morgan fingerprint density at radius 3 is 2.54 bits per heavy atom. The summed E-state index contributed by atoms with van der Waals surface area (Å²) in [5, 5.41) is 12.1. The Balaban J connectivity index is 1.82. The van der Waals surface area contributed by atoms with Crippen molar-refractivity contribution in [2.24, 2.45) is 0 Å². The van der Waals surface area contributed by atoms with Gasteiger partial charge in [-0.2, -0.15) is 5.26 Å². The molecule has 2 aromatic rings. The van der Waals surface area contributed by atoms with Crippen LogP contribution in [0.4, 0.5) is 10.1 Å². The maximum Gasteiger partial charge on any atom is 0.264 e. The Morgan fingerprint density at radius 2 is 1.89 bits per heavy atom. The monoisotopic (exact) mass is 395 g/mol. The average molecular weight is 395 g/mol. The Hall–Kier alpha value is -3.11. The maximum absolute atomic E-state index is 13.2. The van der Waals surface area contributed by atoms with Crippen molar-refractivity contribution in [1.29, 1.82) is 5.26 Å². The van der Waals surface area contributed by atoms with Crippen LogP contribution >= 0.6 is 11.8 Å². The summed E-state index contributed by atoms with van der Waals surface area (Å²) in [7, 11) is 0. The first-order chi connectivity index (χ1) is 13.5. The minimum atomic E-state index is -0.532. The van der Waals surface area contributed by atoms with E-state index in [4.69, 9.17) is 0 Å². The molecule has 142 valence electrons. The molecule has 1 aliphatic heterocycles. The number of hydrogen-bond acceptors (Lipinski definition) is 4. The molecule has 1 aliphatic rings. The van der Waals surface area contributed by atoms with Crippen molar-refractivity contribution >= 4 is 29.3 Å². The molecule has 3 rings (SSSR count). The highest BCUT2D eigenvalue weighted by Crippen LogP contribution is 2.40. The topological polar surface area (TPSA) is 73.2 Å². The molecular formula is C21H18FN3O2S. The molecule has 0 radical (unpaired) electrons. The first-order valence-corrected chi connectivity index (χ1v) is 9.62. The summed E-state index contributed by atoms with van der Waals surface area (Å²) in [6.07, 6.45) is 0.630. The zero-order valence-electron chi connectivity index (χ0n) is 15.2. The van der Waals surface area contributed by atoms with E-state index >= 15 is 0 Å². The number of nitrogens with one attached hydrogen (secondary N) is 1. The molecule has 1 saturated heterocycles. The Morgan fingerprint density at radius 1 is 1.21 bits per heavy atom. The van der Waals surface area contributed by atoms with Gasteiger partial charge in [0.05, 0.1) is 5.25 Å². The van der Waals surface area contributed by atoms with Crippen LogP contribution in [0, 0.1) is 17.1 Å². The van der Waals surface area contributed by atoms with Crippen LogP contribution in [0.2, 0.25) is 0 Å². The maximum atomic E-state index is 13.2. The van der Waals surface area contributed by atoms with Gasteiger partial charge < -0.3 is 5.32 Å². The van der Waals surface area contributed by atoms with Gasteiger partial charge in [-0.25, -0.2) is 4.39 Å². The molecule has 7 heteroatoms. The van der Waals surface area contributed by atoms with Crippen molar-refractivity contribution in [3.05, 3.63) is 76.6 Å². The number of carbonyl (C=O) groups is 2. The highest BCUT2D eigenvalue weighted by Gasteiger charge is 2.38. The van der Waals surface area contributed by atoms with Crippen LogP contribution in [0.1, 0.15) is 12.5 Å². The smallest absolute Gasteiger partial charge is 0.264 e. The molecule has 0 aliphatic carbocycles. The fourth-order valence-electron chi connectivity index (χ4n) is 2.81. The molecule has 1 N–H and O–H groups in total. The van der Waals surface area contributed by atoms with E-state index in [0.29, 0.717) is 18.7 Å². The number of nitriles is 1. The second-order valence-electron chi connectivity index (χ2n) is 6.19. The normalized spacial score (nSPS) is 18.0. The molecule has 1 atom stereocenters. The SMILES string of the molecule is C[C@H]1S/C(=C(\C#N)C(=O)NCCc2ccccc2)N(c2ccc(F)cc2)C1=O. The predicted octanol–water partition coefficient (Wildman–Crippen LogP) is 3.39. The summed E-state index contributed by atoms with van der Waals surface area (Å²) in [6, 6.07) is 17.0. The van der Waals surface area contributed by atoms with E-state index in [1.165, 1.54) is 29.2 Å². The molecule has 0 saturated carbocycles. The number of anilines is 1. The number of carbonyl (C=O) groups excluding carboxylic acids is 2. The van der Waals surface area contributed by atoms with Gasteiger partial charge in [0, 0.05) is 12.2 Å². The molecule has 2 aromatic carbocycles. The molecule has 2 amide bonds. The third-order valence-corrected chi connectivity index (χ3v) is 5.40. The van der Waals surface area contributed by atoms with Crippen molar-refractivity contribution in [1.82, 2.24) is 5.32 Å². The number of benzene rings is 2. The third-order valence-electron chi connectivity index (χ3n) is 4.24. The van der Waals surface area contributed by atoms with E-state index in [0.717, 1.165) is 17.3 Å². The van der Waals surface area contributed by atoms with Crippen LogP contribution in [0.15, 0.2) is 65.2 Å². The van der Waals surface area contributed by atoms with E-state index in [2.05, 4.69) is 5.32 Å². The largest absolute Gasteiger partial charge is 0.351 e. The van der Waals surface area contributed by atoms with Crippen LogP contribution in [-0.2, 0) is 16.0 Å². The lowest BCUT2D eigenvalue weighted by atomic mass is 10.1. The predicted molar refractivity (Wildman–Crippen MR) is 107 cm³/mol. The number of thioether (sulfide) groups is 1. The quantitative estimate of drug-likeness (QED) is 0.622. The van der Waals surface area contributed by atoms with Crippen molar-refractivity contribution in [3.8, 4) is 6.07 Å². The number of nitrogens with zero attached hydrogens (tertiary/aromatic N) is 2. The highest BCUT2D eigenvalue weighted by molar-refractivity contribution is 8.05. The molecule has 0 bridgehead atoms. The van der Waals surface area contributed by atoms with E-state index in [1.807, 2.05) is 36.4 Å². The Bertz CT molecular complexity index is 952. The van der Waals surface area contributed by atoms with E-state index in [1.54, 1.807) is 6.92 Å². The van der Waals surface area contributed by atoms with E-state index in [9.17, 15) is 19.2 Å². The Kier molecular flexibility index (Phi) is 6.12. The van der Waals surface area contributed by atoms with E-state index in [-0.39, 0.29) is 16.5 Å². The summed E-state index contributed by atoms with van der Waals surface area (Å²) in [4.78, 5) is 26.5. The summed E-state index contributed by atoms with van der Waals surface area (Å²) >= 11 is 1.15. The summed E-state index contributed by atoms with van der Waals surface area (Å²) in [5.74, 6) is -1.22. The van der Waals surface area contributed by atoms with Gasteiger partial charge in [-0.15, -0.1) is 0 Å². The fraction of sp³-hybridized carbons (Fsp3) is 0.190. The number of rotatable bonds is 5. The van der Waals surface area contributed by atoms with Crippen molar-refractivity contribution in [3.63, 3.8) is 0 Å². The lowest BCUT2D eigenvalue weighted by molar-refractivity contribution is -0.117. The van der Waals surface area contributed by atoms with Crippen molar-refractivity contribution in [2.45, 2.75) is 18.6 Å². The van der Waals surface area contributed by atoms with Gasteiger partial charge in [0.25, 0.3) is 5.91 Å². The lowest BCUT2D eigenvalue weighted by Gasteiger charge is -2.18. The third kappa shape index (κ3) is 4.24. The second kappa shape index (κ2) is 8.72. The zero-order valence-corrected chi connectivity index (χ0v) is 16.0. The minimum Gasteiger partial charge on any atom is -0.351 e. The Labute approximate surface area is 166 Å². The van der Waals surface area contributed by atoms with Gasteiger partial charge in [-0.1, -0.05) is 42.1 Å². The molecule has 5 nitrogen and oxygen atoms in total. The fourth-order valence-corrected chi connectivity index (χ4v) is 3.91. The van der Waals surface area contributed by atoms with E-state index < -0.39 is 17.0 Å². The number of hydrogen-bond donors (Lipinski definition) is 1. The molecule has 0 aromatic heterocycles. The number of amides is 2. The standard InChI is InChI=1S/C21H18FN3O2S/c1-14-20(27)25(17-9-7-16(22)8-10-17)21(28-14)18(13-23)19(26)24-12-11-15-5-3-2-4-6-15/h2-10,14H,11-12H2,1H3,(H,24,26)/b21-18+/t14-/m1/s1. The van der Waals surface area contributed by atoms with Gasteiger partial charge in [-0.05, 0) is 43.2 Å². The van der Waals surface area contributed by atoms with Crippen LogP contribution in [-0.4, -0.2) is 23.6 Å². The van der Waals surface area contributed by atoms with Crippen LogP contribution < -0.4 is 10.2 Å². The lowest BCUT2D eigenvalue weighted by Crippen LogP contribution is -2.31. The van der Waals surface area contributed by atoms with Gasteiger partial charge in [0.15, 0.2) is 0 Å². The molecule has 28 heavy (non-hydrogen) atoms. The average Bonchev–Trinajstić information content (AvgIpc) is 2.98. The van der Waals surface area contributed by atoms with Crippen molar-refractivity contribution in [2.75, 3.05) is 11.4 Å². The highest BCUT2D eigenvalue weighted by atomic mass is 32.2. The molecular weight excluding hydrogens is 377 g/mol. The molecule has 1 heterocycles. The summed E-state index contributed by atoms with van der Waals surface area (Å²) < 4.78 is 13.2. The van der Waals surface area contributed by atoms with Crippen LogP contribution in [0.25, 0.3) is 0 Å². The van der Waals surface area contributed by atoms with Gasteiger partial charge in [0.1, 0.15) is 22.5 Å². The minimum absolute atomic E-state index is 0.125. The first kappa shape index (κ1) is 19.6. The van der Waals surface area contributed by atoms with Crippen LogP contribution in [0.3, 0.4) is 0 Å². The summed E-state index contributed by atoms with van der Waals surface area (Å²) in [6.45, 7) is 2.07. The number of halogens is 1. The van der Waals surface area contributed by atoms with Gasteiger partial charge in [-0.3, -0.25) is 14.5 Å². The molecule has 0 spiro atoms. The molecule has 0 unspecified atom stereocenters. The first-order valence-electron chi connectivity index (χ1n) is 8.74. The van der Waals surface area contributed by atoms with Crippen molar-refractivity contribution < 1.29 is 14.0 Å². The second-order valence-corrected chi connectivity index (χ2v) is 7.52. The van der Waals surface area contributed by atoms with Gasteiger partial charge >= 0.3 is 0 Å². The molecule has 1 fully saturated rings. The summed E-state index contributed by atoms with van der Waals surface area (Å²) in [5.41, 5.74) is 1.36.